The first-order valence-electron chi connectivity index (χ1n) is 2.68. The molecule has 10 heavy (non-hydrogen) atoms. The van der Waals surface area contributed by atoms with Gasteiger partial charge in [-0.3, -0.25) is 0 Å². The molecule has 0 bridgehead atoms. The first kappa shape index (κ1) is 8.68. The predicted molar refractivity (Wildman–Crippen MR) is 35.1 cm³/mol. The second-order valence-corrected chi connectivity index (χ2v) is 1.96. The van der Waals surface area contributed by atoms with Gasteiger partial charge in [0.25, 0.3) is 0 Å². The summed E-state index contributed by atoms with van der Waals surface area (Å²) < 4.78 is 3.98. The van der Waals surface area contributed by atoms with Crippen LogP contribution < -0.4 is 5.73 Å². The van der Waals surface area contributed by atoms with Crippen molar-refractivity contribution in [3.8, 4) is 0 Å². The molecule has 0 heterocycles. The maximum absolute atomic E-state index is 10.5. The van der Waals surface area contributed by atoms with Gasteiger partial charge in [0.2, 0.25) is 0 Å². The van der Waals surface area contributed by atoms with E-state index in [1.807, 2.05) is 0 Å². The molecule has 0 fully saturated rings. The smallest absolute Gasteiger partial charge is 0.373 e. The SMILES string of the molecule is CC(C)=CC(=O)OC(N)=O. The fraction of sp³-hybridized carbons (Fsp3) is 0.333. The molecule has 0 aromatic rings. The molecule has 4 nitrogen and oxygen atoms in total. The van der Waals surface area contributed by atoms with E-state index in [1.54, 1.807) is 13.8 Å². The third-order valence-electron chi connectivity index (χ3n) is 0.608. The van der Waals surface area contributed by atoms with Crippen LogP contribution in [0, 0.1) is 0 Å². The van der Waals surface area contributed by atoms with Gasteiger partial charge in [-0.2, -0.15) is 0 Å². The lowest BCUT2D eigenvalue weighted by atomic mass is 10.3. The highest BCUT2D eigenvalue weighted by atomic mass is 16.6. The van der Waals surface area contributed by atoms with Crippen molar-refractivity contribution >= 4 is 12.1 Å². The number of carbonyl (C=O) groups excluding carboxylic acids is 2. The molecule has 0 rings (SSSR count). The van der Waals surface area contributed by atoms with Crippen LogP contribution >= 0.6 is 0 Å². The van der Waals surface area contributed by atoms with Gasteiger partial charge in [-0.25, -0.2) is 9.59 Å². The quantitative estimate of drug-likeness (QED) is 0.331. The van der Waals surface area contributed by atoms with E-state index in [0.717, 1.165) is 5.57 Å². The number of ether oxygens (including phenoxy) is 1. The topological polar surface area (TPSA) is 69.4 Å². The Kier molecular flexibility index (Phi) is 3.17. The summed E-state index contributed by atoms with van der Waals surface area (Å²) >= 11 is 0. The number of esters is 1. The zero-order valence-corrected chi connectivity index (χ0v) is 5.88. The van der Waals surface area contributed by atoms with Crippen LogP contribution in [0.5, 0.6) is 0 Å². The lowest BCUT2D eigenvalue weighted by molar-refractivity contribution is -0.131. The number of amides is 1. The Bertz CT molecular complexity index is 179. The molecular formula is C6H9NO3. The summed E-state index contributed by atoms with van der Waals surface area (Å²) in [6.45, 7) is 3.42. The Morgan fingerprint density at radius 2 is 1.90 bits per heavy atom. The highest BCUT2D eigenvalue weighted by Gasteiger charge is 2.00. The number of hydrogen-bond acceptors (Lipinski definition) is 3. The van der Waals surface area contributed by atoms with E-state index in [9.17, 15) is 9.59 Å². The Balaban J connectivity index is 3.88. The first-order chi connectivity index (χ1) is 4.52. The Morgan fingerprint density at radius 1 is 1.40 bits per heavy atom. The summed E-state index contributed by atoms with van der Waals surface area (Å²) in [4.78, 5) is 20.4. The molecule has 0 saturated carbocycles. The van der Waals surface area contributed by atoms with E-state index in [0.29, 0.717) is 0 Å². The minimum Gasteiger partial charge on any atom is -0.373 e. The van der Waals surface area contributed by atoms with E-state index < -0.39 is 12.1 Å². The maximum atomic E-state index is 10.5. The lowest BCUT2D eigenvalue weighted by Gasteiger charge is -1.92. The second-order valence-electron chi connectivity index (χ2n) is 1.96. The summed E-state index contributed by atoms with van der Waals surface area (Å²) in [7, 11) is 0. The molecule has 0 aromatic carbocycles. The van der Waals surface area contributed by atoms with Gasteiger partial charge in [0, 0.05) is 6.08 Å². The largest absolute Gasteiger partial charge is 0.412 e. The van der Waals surface area contributed by atoms with Crippen LogP contribution in [-0.2, 0) is 9.53 Å². The summed E-state index contributed by atoms with van der Waals surface area (Å²) in [5.41, 5.74) is 5.31. The van der Waals surface area contributed by atoms with Gasteiger partial charge in [-0.1, -0.05) is 5.57 Å². The van der Waals surface area contributed by atoms with Crippen LogP contribution in [0.1, 0.15) is 13.8 Å². The monoisotopic (exact) mass is 143 g/mol. The minimum atomic E-state index is -1.08. The normalized spacial score (nSPS) is 8.20. The molecule has 0 aromatic heterocycles. The molecule has 0 saturated heterocycles. The zero-order valence-electron chi connectivity index (χ0n) is 5.88. The van der Waals surface area contributed by atoms with Crippen molar-refractivity contribution in [2.75, 3.05) is 0 Å². The van der Waals surface area contributed by atoms with Crippen LogP contribution in [0.2, 0.25) is 0 Å². The van der Waals surface area contributed by atoms with Gasteiger partial charge in [-0.05, 0) is 13.8 Å². The maximum Gasteiger partial charge on any atom is 0.412 e. The lowest BCUT2D eigenvalue weighted by Crippen LogP contribution is -2.16. The van der Waals surface area contributed by atoms with Gasteiger partial charge in [-0.15, -0.1) is 0 Å². The molecule has 0 aliphatic carbocycles. The Morgan fingerprint density at radius 3 is 2.20 bits per heavy atom. The van der Waals surface area contributed by atoms with Gasteiger partial charge >= 0.3 is 12.1 Å². The van der Waals surface area contributed by atoms with Crippen molar-refractivity contribution in [1.82, 2.24) is 0 Å². The van der Waals surface area contributed by atoms with Crippen LogP contribution in [-0.4, -0.2) is 12.1 Å². The summed E-state index contributed by atoms with van der Waals surface area (Å²) in [5.74, 6) is -0.729. The van der Waals surface area contributed by atoms with Crippen LogP contribution in [0.3, 0.4) is 0 Å². The van der Waals surface area contributed by atoms with E-state index in [-0.39, 0.29) is 0 Å². The van der Waals surface area contributed by atoms with Crippen LogP contribution in [0.25, 0.3) is 0 Å². The number of hydrogen-bond donors (Lipinski definition) is 1. The highest BCUT2D eigenvalue weighted by molar-refractivity contribution is 5.91. The fourth-order valence-corrected chi connectivity index (χ4v) is 0.364. The number of primary amides is 1. The average molecular weight is 143 g/mol. The van der Waals surface area contributed by atoms with E-state index in [2.05, 4.69) is 10.5 Å². The number of allylic oxidation sites excluding steroid dienone is 1. The van der Waals surface area contributed by atoms with E-state index in [1.165, 1.54) is 6.08 Å². The van der Waals surface area contributed by atoms with Crippen molar-refractivity contribution in [2.24, 2.45) is 5.73 Å². The molecule has 0 radical (unpaired) electrons. The standard InChI is InChI=1S/C6H9NO3/c1-4(2)3-5(8)10-6(7)9/h3H,1-2H3,(H2,7,9). The van der Waals surface area contributed by atoms with Crippen LogP contribution in [0.15, 0.2) is 11.6 Å². The number of nitrogens with two attached hydrogens (primary N) is 1. The number of carbonyl (C=O) groups is 2. The highest BCUT2D eigenvalue weighted by Crippen LogP contribution is 1.89. The molecule has 0 aliphatic rings. The molecule has 0 aliphatic heterocycles. The van der Waals surface area contributed by atoms with Crippen molar-refractivity contribution in [1.29, 1.82) is 0 Å². The third-order valence-corrected chi connectivity index (χ3v) is 0.608. The second kappa shape index (κ2) is 3.66. The van der Waals surface area contributed by atoms with Crippen molar-refractivity contribution in [2.45, 2.75) is 13.8 Å². The van der Waals surface area contributed by atoms with Crippen LogP contribution in [0.4, 0.5) is 4.79 Å². The molecule has 2 N–H and O–H groups in total. The predicted octanol–water partition coefficient (Wildman–Crippen LogP) is 0.575. The van der Waals surface area contributed by atoms with Gasteiger partial charge < -0.3 is 10.5 Å². The summed E-state index contributed by atoms with van der Waals surface area (Å²) in [5, 5.41) is 0. The molecule has 1 amide bonds. The van der Waals surface area contributed by atoms with Crippen molar-refractivity contribution in [3.63, 3.8) is 0 Å². The molecule has 0 unspecified atom stereocenters. The first-order valence-corrected chi connectivity index (χ1v) is 2.68. The average Bonchev–Trinajstić information content (AvgIpc) is 1.58. The molecule has 4 heteroatoms. The summed E-state index contributed by atoms with van der Waals surface area (Å²) in [6, 6.07) is 0. The van der Waals surface area contributed by atoms with Crippen molar-refractivity contribution < 1.29 is 14.3 Å². The van der Waals surface area contributed by atoms with Crippen molar-refractivity contribution in [3.05, 3.63) is 11.6 Å². The molecule has 56 valence electrons. The molecule has 0 atom stereocenters. The van der Waals surface area contributed by atoms with Gasteiger partial charge in [0.1, 0.15) is 0 Å². The van der Waals surface area contributed by atoms with E-state index >= 15 is 0 Å². The Hall–Kier alpha value is -1.32. The molecule has 0 spiro atoms. The Labute approximate surface area is 58.7 Å². The minimum absolute atomic E-state index is 0.729. The van der Waals surface area contributed by atoms with E-state index in [4.69, 9.17) is 0 Å². The zero-order chi connectivity index (χ0) is 8.15. The molecular weight excluding hydrogens is 134 g/mol. The number of rotatable bonds is 1. The fourth-order valence-electron chi connectivity index (χ4n) is 0.364. The third kappa shape index (κ3) is 4.83. The van der Waals surface area contributed by atoms with Gasteiger partial charge in [0.05, 0.1) is 0 Å². The van der Waals surface area contributed by atoms with Gasteiger partial charge in [0.15, 0.2) is 0 Å². The summed E-state index contributed by atoms with van der Waals surface area (Å²) in [6.07, 6.45) is 0.104.